The number of carbonyl (C=O) groups excluding carboxylic acids is 1. The zero-order valence-corrected chi connectivity index (χ0v) is 25.4. The molecule has 0 aromatic heterocycles. The number of oxime groups is 1. The molecule has 0 radical (unpaired) electrons. The van der Waals surface area contributed by atoms with Crippen LogP contribution in [0.2, 0.25) is 0 Å². The fourth-order valence-electron chi connectivity index (χ4n) is 4.49. The van der Waals surface area contributed by atoms with Crippen molar-refractivity contribution in [3.05, 3.63) is 126 Å². The molecule has 9 nitrogen and oxygen atoms in total. The van der Waals surface area contributed by atoms with Gasteiger partial charge in [-0.25, -0.2) is 14.0 Å². The van der Waals surface area contributed by atoms with E-state index in [4.69, 9.17) is 29.4 Å². The van der Waals surface area contributed by atoms with Crippen molar-refractivity contribution in [3.63, 3.8) is 0 Å². The Labute approximate surface area is 266 Å². The largest absolute Gasteiger partial charge is 0.479 e. The lowest BCUT2D eigenvalue weighted by atomic mass is 9.82. The van der Waals surface area contributed by atoms with Gasteiger partial charge in [0.2, 0.25) is 0 Å². The lowest BCUT2D eigenvalue weighted by molar-refractivity contribution is -0.151. The van der Waals surface area contributed by atoms with Crippen LogP contribution in [0.5, 0.6) is 17.2 Å². The number of benzene rings is 4. The molecule has 4 aromatic rings. The number of carbonyl (C=O) groups is 2. The number of rotatable bonds is 11. The number of ether oxygens (including phenoxy) is 3. The minimum Gasteiger partial charge on any atom is -0.479 e. The minimum atomic E-state index is -1.04. The van der Waals surface area contributed by atoms with E-state index in [0.29, 0.717) is 18.1 Å². The molecule has 0 spiro atoms. The minimum absolute atomic E-state index is 0.0190. The van der Waals surface area contributed by atoms with Gasteiger partial charge in [-0.05, 0) is 55.8 Å². The molecule has 1 N–H and O–H groups in total. The number of hydrogen-bond acceptors (Lipinski definition) is 8. The lowest BCUT2D eigenvalue weighted by Crippen LogP contribution is -2.29. The summed E-state index contributed by atoms with van der Waals surface area (Å²) in [4.78, 5) is 28.5. The summed E-state index contributed by atoms with van der Waals surface area (Å²) in [7, 11) is 0. The number of aliphatic carboxylic acids is 1. The number of nitriles is 1. The third-order valence-corrected chi connectivity index (χ3v) is 6.95. The van der Waals surface area contributed by atoms with Gasteiger partial charge in [-0.2, -0.15) is 5.26 Å². The average molecular weight is 625 g/mol. The maximum atomic E-state index is 13.8. The molecule has 10 heteroatoms. The van der Waals surface area contributed by atoms with Crippen molar-refractivity contribution in [2.24, 2.45) is 5.16 Å². The lowest BCUT2D eigenvalue weighted by Gasteiger charge is -2.27. The Kier molecular flexibility index (Phi) is 11.5. The highest BCUT2D eigenvalue weighted by Gasteiger charge is 2.44. The van der Waals surface area contributed by atoms with Crippen molar-refractivity contribution in [3.8, 4) is 23.3 Å². The first kappa shape index (κ1) is 33.2. The molecule has 0 aliphatic carbocycles. The second-order valence-corrected chi connectivity index (χ2v) is 10.3. The molecule has 236 valence electrons. The molecular formula is C36H33FN2O7. The van der Waals surface area contributed by atoms with Crippen LogP contribution in [0.15, 0.2) is 108 Å². The molecule has 0 fully saturated rings. The van der Waals surface area contributed by atoms with Gasteiger partial charge < -0.3 is 24.2 Å². The zero-order valence-electron chi connectivity index (χ0n) is 25.4. The quantitative estimate of drug-likeness (QED) is 0.135. The number of unbranched alkanes of at least 4 members (excludes halogenated alkanes) is 1. The highest BCUT2D eigenvalue weighted by molar-refractivity contribution is 6.36. The molecule has 0 bridgehead atoms. The summed E-state index contributed by atoms with van der Waals surface area (Å²) in [5.41, 5.74) is 1.20. The Bertz CT molecular complexity index is 1650. The number of carboxylic acid groups (broad SMARTS) is 1. The molecule has 46 heavy (non-hydrogen) atoms. The Hall–Kier alpha value is -5.69. The van der Waals surface area contributed by atoms with Gasteiger partial charge in [-0.3, -0.25) is 0 Å². The van der Waals surface area contributed by atoms with Crippen LogP contribution in [-0.2, 0) is 24.8 Å². The summed E-state index contributed by atoms with van der Waals surface area (Å²) in [6, 6.07) is 31.4. The molecule has 0 amide bonds. The van der Waals surface area contributed by atoms with E-state index in [0.717, 1.165) is 30.0 Å². The Morgan fingerprint density at radius 1 is 0.978 bits per heavy atom. The van der Waals surface area contributed by atoms with E-state index in [2.05, 4.69) is 5.16 Å². The molecular weight excluding hydrogens is 591 g/mol. The number of halogens is 1. The molecule has 0 saturated carbocycles. The van der Waals surface area contributed by atoms with Crippen LogP contribution in [-0.4, -0.2) is 35.5 Å². The first-order chi connectivity index (χ1) is 22.3. The summed E-state index contributed by atoms with van der Waals surface area (Å²) in [6.07, 6.45) is 1.26. The molecule has 0 saturated heterocycles. The molecule has 5 rings (SSSR count). The average Bonchev–Trinajstić information content (AvgIpc) is 3.55. The predicted octanol–water partition coefficient (Wildman–Crippen LogP) is 7.39. The highest BCUT2D eigenvalue weighted by atomic mass is 19.1. The van der Waals surface area contributed by atoms with Crippen molar-refractivity contribution in [2.45, 2.75) is 44.8 Å². The van der Waals surface area contributed by atoms with Crippen LogP contribution in [0.25, 0.3) is 0 Å². The van der Waals surface area contributed by atoms with E-state index in [1.54, 1.807) is 31.2 Å². The van der Waals surface area contributed by atoms with Gasteiger partial charge in [0, 0.05) is 11.1 Å². The van der Waals surface area contributed by atoms with E-state index in [-0.39, 0.29) is 23.4 Å². The van der Waals surface area contributed by atoms with Crippen LogP contribution in [0.1, 0.15) is 49.8 Å². The monoisotopic (exact) mass is 624 g/mol. The van der Waals surface area contributed by atoms with E-state index in [1.165, 1.54) is 12.1 Å². The number of esters is 1. The second kappa shape index (κ2) is 15.9. The topological polar surface area (TPSA) is 127 Å². The van der Waals surface area contributed by atoms with Gasteiger partial charge in [0.15, 0.2) is 29.0 Å². The summed E-state index contributed by atoms with van der Waals surface area (Å²) < 4.78 is 29.9. The summed E-state index contributed by atoms with van der Waals surface area (Å²) >= 11 is 0. The first-order valence-corrected chi connectivity index (χ1v) is 14.7. The zero-order chi connectivity index (χ0) is 32.9. The van der Waals surface area contributed by atoms with Crippen LogP contribution >= 0.6 is 0 Å². The van der Waals surface area contributed by atoms with Gasteiger partial charge in [0.25, 0.3) is 0 Å². The molecule has 1 aliphatic heterocycles. The number of nitrogens with zero attached hydrogens (tertiary/aromatic N) is 2. The summed E-state index contributed by atoms with van der Waals surface area (Å²) in [5.74, 6) is -1.19. The molecule has 1 aliphatic rings. The van der Waals surface area contributed by atoms with Crippen LogP contribution in [0.3, 0.4) is 0 Å². The van der Waals surface area contributed by atoms with Gasteiger partial charge >= 0.3 is 11.9 Å². The summed E-state index contributed by atoms with van der Waals surface area (Å²) in [5, 5.41) is 21.6. The van der Waals surface area contributed by atoms with Crippen molar-refractivity contribution < 1.29 is 38.1 Å². The highest BCUT2D eigenvalue weighted by Crippen LogP contribution is 2.41. The third kappa shape index (κ3) is 8.48. The molecule has 1 heterocycles. The van der Waals surface area contributed by atoms with E-state index in [9.17, 15) is 14.0 Å². The standard InChI is InChI=1S/C20H20FNO4.C16H13NO3/c1-3-4-11-24-20(23)14(2)25-16-6-8-17(9-7-16)26-19-10-5-15(13-22)12-18(19)21;18-15(19)14-11-16(20-17-14,12-7-3-1-4-8-12)13-9-5-2-6-10-13/h5-10,12,14H,3-4,11H2,1-2H3;1-10H,11H2,(H,18,19)/t14-;/m1./s1. The van der Waals surface area contributed by atoms with Crippen molar-refractivity contribution in [1.82, 2.24) is 0 Å². The summed E-state index contributed by atoms with van der Waals surface area (Å²) in [6.45, 7) is 4.01. The Balaban J connectivity index is 0.000000215. The SMILES string of the molecule is CCCCOC(=O)[C@@H](C)Oc1ccc(Oc2ccc(C#N)cc2F)cc1.O=C(O)C1=NOC(c2ccccc2)(c2ccccc2)C1. The van der Waals surface area contributed by atoms with Gasteiger partial charge in [-0.1, -0.05) is 79.2 Å². The fourth-order valence-corrected chi connectivity index (χ4v) is 4.49. The van der Waals surface area contributed by atoms with E-state index >= 15 is 0 Å². The van der Waals surface area contributed by atoms with Crippen LogP contribution in [0, 0.1) is 17.1 Å². The first-order valence-electron chi connectivity index (χ1n) is 14.7. The number of carboxylic acids is 1. The van der Waals surface area contributed by atoms with Gasteiger partial charge in [0.05, 0.1) is 24.7 Å². The second-order valence-electron chi connectivity index (χ2n) is 10.3. The van der Waals surface area contributed by atoms with Crippen molar-refractivity contribution in [1.29, 1.82) is 5.26 Å². The van der Waals surface area contributed by atoms with Crippen molar-refractivity contribution >= 4 is 17.7 Å². The molecule has 1 atom stereocenters. The normalized spacial score (nSPS) is 13.5. The molecule has 4 aromatic carbocycles. The maximum Gasteiger partial charge on any atom is 0.353 e. The van der Waals surface area contributed by atoms with Crippen LogP contribution < -0.4 is 9.47 Å². The van der Waals surface area contributed by atoms with Crippen LogP contribution in [0.4, 0.5) is 4.39 Å². The van der Waals surface area contributed by atoms with Crippen molar-refractivity contribution in [2.75, 3.05) is 6.61 Å². The smallest absolute Gasteiger partial charge is 0.353 e. The Morgan fingerprint density at radius 3 is 2.11 bits per heavy atom. The van der Waals surface area contributed by atoms with E-state index in [1.807, 2.05) is 73.7 Å². The predicted molar refractivity (Wildman–Crippen MR) is 168 cm³/mol. The molecule has 0 unspecified atom stereocenters. The van der Waals surface area contributed by atoms with E-state index < -0.39 is 29.5 Å². The van der Waals surface area contributed by atoms with Gasteiger partial charge in [0.1, 0.15) is 11.5 Å². The Morgan fingerprint density at radius 2 is 1.59 bits per heavy atom. The number of hydrogen-bond donors (Lipinski definition) is 1. The van der Waals surface area contributed by atoms with Gasteiger partial charge in [-0.15, -0.1) is 0 Å². The third-order valence-electron chi connectivity index (χ3n) is 6.95. The maximum absolute atomic E-state index is 13.8. The fraction of sp³-hybridized carbons (Fsp3) is 0.222.